The van der Waals surface area contributed by atoms with Crippen LogP contribution in [-0.2, 0) is 0 Å². The molecule has 0 aromatic heterocycles. The molecule has 0 aromatic rings. The molecule has 0 heterocycles. The predicted octanol–water partition coefficient (Wildman–Crippen LogP) is 2.80. The van der Waals surface area contributed by atoms with E-state index in [2.05, 4.69) is 6.58 Å². The topological polar surface area (TPSA) is 20.2 Å². The zero-order valence-corrected chi connectivity index (χ0v) is 5.93. The molecule has 1 N–H and O–H groups in total. The number of aliphatic hydroxyl groups excluding tert-OH is 1. The van der Waals surface area contributed by atoms with Gasteiger partial charge in [0.05, 0.1) is 5.76 Å². The van der Waals surface area contributed by atoms with E-state index in [1.165, 1.54) is 0 Å². The zero-order chi connectivity index (χ0) is 7.11. The Bertz CT molecular complexity index is 99.1. The van der Waals surface area contributed by atoms with Crippen LogP contribution in [0.15, 0.2) is 24.5 Å². The first-order valence-corrected chi connectivity index (χ1v) is 3.24. The summed E-state index contributed by atoms with van der Waals surface area (Å²) in [6.45, 7) is 5.28. The van der Waals surface area contributed by atoms with Gasteiger partial charge >= 0.3 is 0 Å². The van der Waals surface area contributed by atoms with E-state index in [-0.39, 0.29) is 0 Å². The molecular weight excluding hydrogens is 112 g/mol. The smallest absolute Gasteiger partial charge is 0.0851 e. The van der Waals surface area contributed by atoms with Gasteiger partial charge in [0.15, 0.2) is 0 Å². The Morgan fingerprint density at radius 2 is 2.22 bits per heavy atom. The maximum Gasteiger partial charge on any atom is 0.0851 e. The summed E-state index contributed by atoms with van der Waals surface area (Å²) in [5, 5.41) is 8.69. The summed E-state index contributed by atoms with van der Waals surface area (Å²) in [5.74, 6) is 0.416. The Kier molecular flexibility index (Phi) is 4.98. The van der Waals surface area contributed by atoms with Crippen LogP contribution in [0.25, 0.3) is 0 Å². The Morgan fingerprint density at radius 1 is 1.56 bits per heavy atom. The lowest BCUT2D eigenvalue weighted by atomic mass is 10.2. The van der Waals surface area contributed by atoms with Crippen LogP contribution in [0.3, 0.4) is 0 Å². The molecule has 0 aliphatic rings. The summed E-state index contributed by atoms with van der Waals surface area (Å²) < 4.78 is 0. The van der Waals surface area contributed by atoms with E-state index in [0.29, 0.717) is 5.76 Å². The summed E-state index contributed by atoms with van der Waals surface area (Å²) in [6, 6.07) is 0. The Labute approximate surface area is 56.7 Å². The van der Waals surface area contributed by atoms with E-state index in [0.717, 1.165) is 19.3 Å². The van der Waals surface area contributed by atoms with Crippen molar-refractivity contribution in [2.24, 2.45) is 0 Å². The van der Waals surface area contributed by atoms with Crippen LogP contribution in [-0.4, -0.2) is 5.11 Å². The fourth-order valence-corrected chi connectivity index (χ4v) is 0.573. The Hall–Kier alpha value is -0.720. The lowest BCUT2D eigenvalue weighted by Crippen LogP contribution is -1.72. The molecule has 1 nitrogen and oxygen atoms in total. The van der Waals surface area contributed by atoms with Gasteiger partial charge in [-0.3, -0.25) is 0 Å². The number of hydrogen-bond acceptors (Lipinski definition) is 1. The van der Waals surface area contributed by atoms with Crippen molar-refractivity contribution in [2.75, 3.05) is 0 Å². The third-order valence-corrected chi connectivity index (χ3v) is 1.05. The maximum atomic E-state index is 8.69. The third kappa shape index (κ3) is 7.28. The third-order valence-electron chi connectivity index (χ3n) is 1.05. The van der Waals surface area contributed by atoms with Crippen molar-refractivity contribution in [3.63, 3.8) is 0 Å². The molecular formula is C8H14O. The number of unbranched alkanes of at least 4 members (excludes halogenated alkanes) is 2. The molecule has 0 aliphatic carbocycles. The van der Waals surface area contributed by atoms with Crippen molar-refractivity contribution in [1.29, 1.82) is 0 Å². The van der Waals surface area contributed by atoms with Gasteiger partial charge in [-0.15, -0.1) is 6.58 Å². The molecule has 0 aliphatic heterocycles. The zero-order valence-electron chi connectivity index (χ0n) is 5.93. The average molecular weight is 126 g/mol. The molecule has 0 rings (SSSR count). The van der Waals surface area contributed by atoms with Crippen LogP contribution in [0.2, 0.25) is 0 Å². The van der Waals surface area contributed by atoms with Crippen LogP contribution < -0.4 is 0 Å². The van der Waals surface area contributed by atoms with Crippen LogP contribution in [0.5, 0.6) is 0 Å². The van der Waals surface area contributed by atoms with Crippen molar-refractivity contribution in [3.8, 4) is 0 Å². The van der Waals surface area contributed by atoms with E-state index >= 15 is 0 Å². The molecule has 0 spiro atoms. The summed E-state index contributed by atoms with van der Waals surface area (Å²) in [6.07, 6.45) is 6.78. The van der Waals surface area contributed by atoms with Crippen molar-refractivity contribution in [3.05, 3.63) is 24.5 Å². The summed E-state index contributed by atoms with van der Waals surface area (Å²) in [7, 11) is 0. The second-order valence-electron chi connectivity index (χ2n) is 2.07. The van der Waals surface area contributed by atoms with Gasteiger partial charge in [-0.05, 0) is 32.3 Å². The Balaban J connectivity index is 3.09. The van der Waals surface area contributed by atoms with Gasteiger partial charge in [0, 0.05) is 0 Å². The van der Waals surface area contributed by atoms with E-state index in [4.69, 9.17) is 5.11 Å². The lowest BCUT2D eigenvalue weighted by Gasteiger charge is -1.89. The van der Waals surface area contributed by atoms with E-state index < -0.39 is 0 Å². The molecule has 0 unspecified atom stereocenters. The molecule has 0 amide bonds. The standard InChI is InChI=1S/C8H14O/c1-3-4-5-6-7-8(2)9/h3,7,9H,1,4-6H2,2H3. The quantitative estimate of drug-likeness (QED) is 0.349. The minimum Gasteiger partial charge on any atom is -0.513 e. The number of allylic oxidation sites excluding steroid dienone is 3. The van der Waals surface area contributed by atoms with Crippen LogP contribution in [0, 0.1) is 0 Å². The molecule has 0 saturated carbocycles. The van der Waals surface area contributed by atoms with Crippen molar-refractivity contribution >= 4 is 0 Å². The van der Waals surface area contributed by atoms with E-state index in [9.17, 15) is 0 Å². The highest BCUT2D eigenvalue weighted by molar-refractivity contribution is 4.85. The van der Waals surface area contributed by atoms with E-state index in [1.807, 2.05) is 12.2 Å². The van der Waals surface area contributed by atoms with Crippen LogP contribution >= 0.6 is 0 Å². The molecule has 0 saturated heterocycles. The molecule has 0 bridgehead atoms. The molecule has 0 radical (unpaired) electrons. The van der Waals surface area contributed by atoms with Crippen molar-refractivity contribution in [1.82, 2.24) is 0 Å². The second kappa shape index (κ2) is 5.42. The fourth-order valence-electron chi connectivity index (χ4n) is 0.573. The average Bonchev–Trinajstić information content (AvgIpc) is 1.80. The number of hydrogen-bond donors (Lipinski definition) is 1. The summed E-state index contributed by atoms with van der Waals surface area (Å²) in [4.78, 5) is 0. The predicted molar refractivity (Wildman–Crippen MR) is 40.4 cm³/mol. The highest BCUT2D eigenvalue weighted by Gasteiger charge is 1.81. The molecule has 0 fully saturated rings. The number of aliphatic hydroxyl groups is 1. The monoisotopic (exact) mass is 126 g/mol. The first kappa shape index (κ1) is 8.28. The fraction of sp³-hybridized carbons (Fsp3) is 0.500. The molecule has 52 valence electrons. The number of rotatable bonds is 4. The van der Waals surface area contributed by atoms with Gasteiger partial charge in [-0.1, -0.05) is 6.08 Å². The van der Waals surface area contributed by atoms with Gasteiger partial charge < -0.3 is 5.11 Å². The van der Waals surface area contributed by atoms with Gasteiger partial charge in [0.25, 0.3) is 0 Å². The second-order valence-corrected chi connectivity index (χ2v) is 2.07. The van der Waals surface area contributed by atoms with Gasteiger partial charge in [0.1, 0.15) is 0 Å². The maximum absolute atomic E-state index is 8.69. The minimum absolute atomic E-state index is 0.416. The normalized spacial score (nSPS) is 11.4. The molecule has 1 heteroatoms. The van der Waals surface area contributed by atoms with Crippen molar-refractivity contribution in [2.45, 2.75) is 26.2 Å². The molecule has 9 heavy (non-hydrogen) atoms. The SMILES string of the molecule is C=CCCCC=C(C)O. The highest BCUT2D eigenvalue weighted by Crippen LogP contribution is 1.98. The molecule has 0 atom stereocenters. The summed E-state index contributed by atoms with van der Waals surface area (Å²) >= 11 is 0. The Morgan fingerprint density at radius 3 is 2.67 bits per heavy atom. The van der Waals surface area contributed by atoms with Crippen molar-refractivity contribution < 1.29 is 5.11 Å². The van der Waals surface area contributed by atoms with Crippen LogP contribution in [0.4, 0.5) is 0 Å². The van der Waals surface area contributed by atoms with Gasteiger partial charge in [-0.2, -0.15) is 0 Å². The van der Waals surface area contributed by atoms with Gasteiger partial charge in [-0.25, -0.2) is 0 Å². The highest BCUT2D eigenvalue weighted by atomic mass is 16.3. The first-order valence-electron chi connectivity index (χ1n) is 3.24. The first-order chi connectivity index (χ1) is 4.27. The van der Waals surface area contributed by atoms with Gasteiger partial charge in [0.2, 0.25) is 0 Å². The minimum atomic E-state index is 0.416. The molecule has 0 aromatic carbocycles. The largest absolute Gasteiger partial charge is 0.513 e. The van der Waals surface area contributed by atoms with E-state index in [1.54, 1.807) is 6.92 Å². The lowest BCUT2D eigenvalue weighted by molar-refractivity contribution is 0.411. The van der Waals surface area contributed by atoms with Crippen LogP contribution in [0.1, 0.15) is 26.2 Å². The summed E-state index contributed by atoms with van der Waals surface area (Å²) in [5.41, 5.74) is 0.